The first-order chi connectivity index (χ1) is 6.70. The highest BCUT2D eigenvalue weighted by Gasteiger charge is 1.88. The van der Waals surface area contributed by atoms with Crippen LogP contribution in [-0.2, 0) is 0 Å². The molecule has 14 heavy (non-hydrogen) atoms. The van der Waals surface area contributed by atoms with Crippen molar-refractivity contribution in [3.63, 3.8) is 0 Å². The fraction of sp³-hybridized carbons (Fsp3) is 0.333. The quantitative estimate of drug-likeness (QED) is 0.634. The number of nitrogens with zero attached hydrogens (tertiary/aromatic N) is 2. The van der Waals surface area contributed by atoms with E-state index in [1.54, 1.807) is 12.4 Å². The van der Waals surface area contributed by atoms with Gasteiger partial charge in [0.1, 0.15) is 0 Å². The van der Waals surface area contributed by atoms with Crippen LogP contribution in [0.15, 0.2) is 36.7 Å². The maximum atomic E-state index is 4.12. The summed E-state index contributed by atoms with van der Waals surface area (Å²) in [5.74, 6) is 0.833. The van der Waals surface area contributed by atoms with E-state index in [0.29, 0.717) is 0 Å². The van der Waals surface area contributed by atoms with Crippen molar-refractivity contribution >= 4 is 11.0 Å². The van der Waals surface area contributed by atoms with Crippen molar-refractivity contribution < 1.29 is 0 Å². The molecule has 1 aromatic heterocycles. The van der Waals surface area contributed by atoms with E-state index < -0.39 is 0 Å². The van der Waals surface area contributed by atoms with E-state index in [4.69, 9.17) is 0 Å². The zero-order valence-corrected chi connectivity index (χ0v) is 8.94. The van der Waals surface area contributed by atoms with Gasteiger partial charge >= 0.3 is 0 Å². The lowest BCUT2D eigenvalue weighted by Gasteiger charge is -1.90. The Hall–Kier alpha value is -1.44. The molecule has 0 bridgehead atoms. The molecule has 0 aliphatic rings. The predicted molar refractivity (Wildman–Crippen MR) is 60.1 cm³/mol. The first-order valence-corrected chi connectivity index (χ1v) is 4.86. The number of fused-ring (bicyclic) bond motifs is 1. The van der Waals surface area contributed by atoms with Gasteiger partial charge < -0.3 is 0 Å². The van der Waals surface area contributed by atoms with Gasteiger partial charge in [-0.1, -0.05) is 32.9 Å². The summed E-state index contributed by atoms with van der Waals surface area (Å²) in [6, 6.07) is 7.80. The minimum atomic E-state index is 0.833. The molecule has 0 amide bonds. The average Bonchev–Trinajstić information content (AvgIpc) is 2.17. The van der Waals surface area contributed by atoms with Gasteiger partial charge in [0, 0.05) is 12.4 Å². The number of aromatic nitrogens is 2. The number of hydrogen-bond acceptors (Lipinski definition) is 2. The Bertz CT molecular complexity index is 314. The molecule has 0 radical (unpaired) electrons. The number of hydrogen-bond donors (Lipinski definition) is 0. The van der Waals surface area contributed by atoms with Crippen molar-refractivity contribution in [2.75, 3.05) is 0 Å². The molecule has 0 spiro atoms. The second-order valence-corrected chi connectivity index (χ2v) is 3.78. The summed E-state index contributed by atoms with van der Waals surface area (Å²) in [6.45, 7) is 6.50. The summed E-state index contributed by atoms with van der Waals surface area (Å²) in [7, 11) is 0. The molecule has 0 fully saturated rings. The van der Waals surface area contributed by atoms with Crippen molar-refractivity contribution in [2.24, 2.45) is 5.92 Å². The van der Waals surface area contributed by atoms with Crippen LogP contribution in [0.25, 0.3) is 11.0 Å². The van der Waals surface area contributed by atoms with Gasteiger partial charge in [0.25, 0.3) is 0 Å². The highest BCUT2D eigenvalue weighted by molar-refractivity contribution is 5.72. The monoisotopic (exact) mass is 188 g/mol. The van der Waals surface area contributed by atoms with E-state index >= 15 is 0 Å². The highest BCUT2D eigenvalue weighted by atomic mass is 14.8. The van der Waals surface area contributed by atoms with Crippen molar-refractivity contribution in [1.29, 1.82) is 0 Å². The predicted octanol–water partition coefficient (Wildman–Crippen LogP) is 3.29. The van der Waals surface area contributed by atoms with Crippen LogP contribution < -0.4 is 0 Å². The van der Waals surface area contributed by atoms with E-state index in [1.807, 2.05) is 24.3 Å². The Balaban J connectivity index is 0.000000213. The molecule has 0 unspecified atom stereocenters. The molecule has 1 heterocycles. The molecule has 74 valence electrons. The maximum absolute atomic E-state index is 4.12. The number of rotatable bonds is 0. The summed E-state index contributed by atoms with van der Waals surface area (Å²) < 4.78 is 0. The molecule has 0 aliphatic carbocycles. The van der Waals surface area contributed by atoms with Crippen LogP contribution in [0.5, 0.6) is 0 Å². The number of para-hydroxylation sites is 2. The van der Waals surface area contributed by atoms with Crippen molar-refractivity contribution in [1.82, 2.24) is 9.97 Å². The topological polar surface area (TPSA) is 25.8 Å². The third kappa shape index (κ3) is 3.52. The van der Waals surface area contributed by atoms with E-state index in [2.05, 4.69) is 30.7 Å². The van der Waals surface area contributed by atoms with E-state index in [9.17, 15) is 0 Å². The molecule has 0 aliphatic heterocycles. The Morgan fingerprint density at radius 3 is 1.57 bits per heavy atom. The van der Waals surface area contributed by atoms with Crippen LogP contribution in [-0.4, -0.2) is 9.97 Å². The Labute approximate surface area is 85.0 Å². The van der Waals surface area contributed by atoms with Gasteiger partial charge in [0.05, 0.1) is 11.0 Å². The largest absolute Gasteiger partial charge is 0.253 e. The van der Waals surface area contributed by atoms with Crippen molar-refractivity contribution in [3.05, 3.63) is 36.7 Å². The molecule has 0 saturated carbocycles. The lowest BCUT2D eigenvalue weighted by molar-refractivity contribution is 0.737. The summed E-state index contributed by atoms with van der Waals surface area (Å²) in [5.41, 5.74) is 1.90. The standard InChI is InChI=1S/C8H6N2.C4H10/c1-2-4-8-7(3-1)9-5-6-10-8;1-4(2)3/h1-6H;4H,1-3H3. The molecule has 2 aromatic rings. The van der Waals surface area contributed by atoms with Crippen LogP contribution in [0.2, 0.25) is 0 Å². The van der Waals surface area contributed by atoms with Crippen LogP contribution >= 0.6 is 0 Å². The zero-order chi connectivity index (χ0) is 10.4. The van der Waals surface area contributed by atoms with Gasteiger partial charge in [-0.15, -0.1) is 0 Å². The number of benzene rings is 1. The van der Waals surface area contributed by atoms with E-state index in [1.165, 1.54) is 0 Å². The average molecular weight is 188 g/mol. The Morgan fingerprint density at radius 1 is 0.857 bits per heavy atom. The second kappa shape index (κ2) is 5.32. The van der Waals surface area contributed by atoms with Crippen LogP contribution in [0.1, 0.15) is 20.8 Å². The molecule has 2 rings (SSSR count). The lowest BCUT2D eigenvalue weighted by Crippen LogP contribution is -1.78. The third-order valence-electron chi connectivity index (χ3n) is 1.38. The first-order valence-electron chi connectivity index (χ1n) is 4.86. The molecular weight excluding hydrogens is 172 g/mol. The molecule has 0 N–H and O–H groups in total. The molecular formula is C12H16N2. The summed E-state index contributed by atoms with van der Waals surface area (Å²) >= 11 is 0. The van der Waals surface area contributed by atoms with Gasteiger partial charge in [-0.05, 0) is 18.1 Å². The summed E-state index contributed by atoms with van der Waals surface area (Å²) in [4.78, 5) is 8.24. The van der Waals surface area contributed by atoms with Gasteiger partial charge in [-0.2, -0.15) is 0 Å². The molecule has 2 nitrogen and oxygen atoms in total. The normalized spacial score (nSPS) is 9.71. The van der Waals surface area contributed by atoms with Gasteiger partial charge in [0.2, 0.25) is 0 Å². The summed E-state index contributed by atoms with van der Waals surface area (Å²) in [6.07, 6.45) is 3.39. The smallest absolute Gasteiger partial charge is 0.0886 e. The molecule has 0 atom stereocenters. The Morgan fingerprint density at radius 2 is 1.21 bits per heavy atom. The van der Waals surface area contributed by atoms with Gasteiger partial charge in [0.15, 0.2) is 0 Å². The van der Waals surface area contributed by atoms with Crippen LogP contribution in [0, 0.1) is 5.92 Å². The van der Waals surface area contributed by atoms with Crippen molar-refractivity contribution in [3.8, 4) is 0 Å². The van der Waals surface area contributed by atoms with Gasteiger partial charge in [-0.25, -0.2) is 0 Å². The van der Waals surface area contributed by atoms with Crippen LogP contribution in [0.3, 0.4) is 0 Å². The SMILES string of the molecule is CC(C)C.c1ccc2nccnc2c1. The Kier molecular flexibility index (Phi) is 4.05. The fourth-order valence-electron chi connectivity index (χ4n) is 0.910. The lowest BCUT2D eigenvalue weighted by atomic mass is 10.3. The first kappa shape index (κ1) is 10.6. The van der Waals surface area contributed by atoms with Crippen LogP contribution in [0.4, 0.5) is 0 Å². The van der Waals surface area contributed by atoms with E-state index in [0.717, 1.165) is 17.0 Å². The minimum absolute atomic E-state index is 0.833. The molecule has 2 heteroatoms. The zero-order valence-electron chi connectivity index (χ0n) is 8.94. The van der Waals surface area contributed by atoms with Gasteiger partial charge in [-0.3, -0.25) is 9.97 Å². The maximum Gasteiger partial charge on any atom is 0.0886 e. The fourth-order valence-corrected chi connectivity index (χ4v) is 0.910. The van der Waals surface area contributed by atoms with Crippen molar-refractivity contribution in [2.45, 2.75) is 20.8 Å². The molecule has 1 aromatic carbocycles. The molecule has 0 saturated heterocycles. The summed E-state index contributed by atoms with van der Waals surface area (Å²) in [5, 5.41) is 0. The third-order valence-corrected chi connectivity index (χ3v) is 1.38. The van der Waals surface area contributed by atoms with E-state index in [-0.39, 0.29) is 0 Å². The second-order valence-electron chi connectivity index (χ2n) is 3.78. The highest BCUT2D eigenvalue weighted by Crippen LogP contribution is 2.04. The minimum Gasteiger partial charge on any atom is -0.253 e.